The van der Waals surface area contributed by atoms with Gasteiger partial charge in [0.1, 0.15) is 0 Å². The Labute approximate surface area is 126 Å². The van der Waals surface area contributed by atoms with E-state index >= 15 is 0 Å². The second kappa shape index (κ2) is 7.26. The number of aryl methyl sites for hydroxylation is 3. The minimum Gasteiger partial charge on any atom is -0.312 e. The van der Waals surface area contributed by atoms with E-state index in [1.807, 2.05) is 0 Å². The third-order valence-corrected chi connectivity index (χ3v) is 4.02. The summed E-state index contributed by atoms with van der Waals surface area (Å²) in [5, 5.41) is 3.58. The zero-order valence-corrected chi connectivity index (χ0v) is 14.6. The van der Waals surface area contributed by atoms with Crippen LogP contribution in [0.3, 0.4) is 0 Å². The SMILES string of the molecule is Cc1cc(C)c(CCC(C)CCNC(C)(C)C)c(C)c1. The summed E-state index contributed by atoms with van der Waals surface area (Å²) in [6.45, 7) is 16.9. The van der Waals surface area contributed by atoms with E-state index in [0.717, 1.165) is 12.5 Å². The Bertz CT molecular complexity index is 403. The van der Waals surface area contributed by atoms with E-state index in [9.17, 15) is 0 Å². The monoisotopic (exact) mass is 275 g/mol. The molecule has 1 atom stereocenters. The van der Waals surface area contributed by atoms with Crippen molar-refractivity contribution in [3.05, 3.63) is 34.4 Å². The molecule has 0 radical (unpaired) electrons. The molecule has 20 heavy (non-hydrogen) atoms. The van der Waals surface area contributed by atoms with Crippen molar-refractivity contribution >= 4 is 0 Å². The molecule has 1 N–H and O–H groups in total. The lowest BCUT2D eigenvalue weighted by molar-refractivity contribution is 0.386. The average Bonchev–Trinajstić information content (AvgIpc) is 2.25. The molecule has 0 saturated heterocycles. The third kappa shape index (κ3) is 6.09. The maximum atomic E-state index is 3.58. The lowest BCUT2D eigenvalue weighted by Gasteiger charge is -2.22. The molecule has 0 aliphatic carbocycles. The first kappa shape index (κ1) is 17.2. The van der Waals surface area contributed by atoms with Gasteiger partial charge in [-0.05, 0) is 90.0 Å². The third-order valence-electron chi connectivity index (χ3n) is 4.02. The fourth-order valence-electron chi connectivity index (χ4n) is 2.83. The van der Waals surface area contributed by atoms with Crippen LogP contribution in [0.4, 0.5) is 0 Å². The average molecular weight is 275 g/mol. The van der Waals surface area contributed by atoms with Crippen molar-refractivity contribution in [2.45, 2.75) is 73.3 Å². The molecule has 0 aliphatic heterocycles. The van der Waals surface area contributed by atoms with E-state index < -0.39 is 0 Å². The summed E-state index contributed by atoms with van der Waals surface area (Å²) in [5.74, 6) is 0.782. The largest absolute Gasteiger partial charge is 0.312 e. The van der Waals surface area contributed by atoms with Crippen LogP contribution in [0.25, 0.3) is 0 Å². The molecule has 1 aromatic rings. The Kier molecular flexibility index (Phi) is 6.26. The molecule has 1 nitrogen and oxygen atoms in total. The van der Waals surface area contributed by atoms with Gasteiger partial charge in [-0.25, -0.2) is 0 Å². The van der Waals surface area contributed by atoms with Crippen LogP contribution in [-0.4, -0.2) is 12.1 Å². The Morgan fingerprint density at radius 1 is 1.00 bits per heavy atom. The summed E-state index contributed by atoms with van der Waals surface area (Å²) < 4.78 is 0. The van der Waals surface area contributed by atoms with Crippen molar-refractivity contribution in [2.75, 3.05) is 6.54 Å². The molecule has 114 valence electrons. The van der Waals surface area contributed by atoms with Gasteiger partial charge in [-0.1, -0.05) is 24.6 Å². The van der Waals surface area contributed by atoms with Crippen molar-refractivity contribution in [1.82, 2.24) is 5.32 Å². The van der Waals surface area contributed by atoms with Gasteiger partial charge >= 0.3 is 0 Å². The molecule has 0 saturated carbocycles. The van der Waals surface area contributed by atoms with Gasteiger partial charge in [-0.15, -0.1) is 0 Å². The van der Waals surface area contributed by atoms with Gasteiger partial charge in [0.15, 0.2) is 0 Å². The highest BCUT2D eigenvalue weighted by Crippen LogP contribution is 2.20. The Morgan fingerprint density at radius 3 is 2.05 bits per heavy atom. The smallest absolute Gasteiger partial charge is 0.00965 e. The fourth-order valence-corrected chi connectivity index (χ4v) is 2.83. The van der Waals surface area contributed by atoms with Gasteiger partial charge < -0.3 is 5.32 Å². The summed E-state index contributed by atoms with van der Waals surface area (Å²) >= 11 is 0. The zero-order chi connectivity index (χ0) is 15.3. The molecule has 0 amide bonds. The van der Waals surface area contributed by atoms with Crippen molar-refractivity contribution in [2.24, 2.45) is 5.92 Å². The zero-order valence-electron chi connectivity index (χ0n) is 14.6. The Hall–Kier alpha value is -0.820. The van der Waals surface area contributed by atoms with Gasteiger partial charge in [0.25, 0.3) is 0 Å². The van der Waals surface area contributed by atoms with Crippen LogP contribution in [0.5, 0.6) is 0 Å². The number of rotatable bonds is 6. The molecule has 1 rings (SSSR count). The van der Waals surface area contributed by atoms with E-state index in [1.54, 1.807) is 5.56 Å². The lowest BCUT2D eigenvalue weighted by atomic mass is 9.92. The summed E-state index contributed by atoms with van der Waals surface area (Å²) in [4.78, 5) is 0. The molecule has 0 fully saturated rings. The topological polar surface area (TPSA) is 12.0 Å². The van der Waals surface area contributed by atoms with E-state index in [2.05, 4.69) is 65.9 Å². The summed E-state index contributed by atoms with van der Waals surface area (Å²) in [5.41, 5.74) is 6.10. The van der Waals surface area contributed by atoms with Gasteiger partial charge in [-0.3, -0.25) is 0 Å². The van der Waals surface area contributed by atoms with E-state index in [4.69, 9.17) is 0 Å². The van der Waals surface area contributed by atoms with Crippen LogP contribution in [0.2, 0.25) is 0 Å². The van der Waals surface area contributed by atoms with Crippen LogP contribution < -0.4 is 5.32 Å². The quantitative estimate of drug-likeness (QED) is 0.774. The standard InChI is InChI=1S/C19H33N/c1-14(10-11-20-19(5,6)7)8-9-18-16(3)12-15(2)13-17(18)4/h12-14,20H,8-11H2,1-7H3. The molecule has 0 spiro atoms. The second-order valence-electron chi connectivity index (χ2n) is 7.49. The highest BCUT2D eigenvalue weighted by atomic mass is 14.9. The first-order valence-corrected chi connectivity index (χ1v) is 8.01. The second-order valence-corrected chi connectivity index (χ2v) is 7.49. The molecule has 1 aromatic carbocycles. The van der Waals surface area contributed by atoms with E-state index in [0.29, 0.717) is 0 Å². The predicted molar refractivity (Wildman–Crippen MR) is 90.5 cm³/mol. The molecule has 0 aliphatic rings. The fraction of sp³-hybridized carbons (Fsp3) is 0.684. The number of benzene rings is 1. The molecule has 1 unspecified atom stereocenters. The van der Waals surface area contributed by atoms with Crippen molar-refractivity contribution < 1.29 is 0 Å². The van der Waals surface area contributed by atoms with Crippen molar-refractivity contribution in [3.63, 3.8) is 0 Å². The molecular formula is C19H33N. The lowest BCUT2D eigenvalue weighted by Crippen LogP contribution is -2.36. The van der Waals surface area contributed by atoms with Crippen LogP contribution in [0, 0.1) is 26.7 Å². The molecule has 0 aromatic heterocycles. The van der Waals surface area contributed by atoms with Gasteiger partial charge in [0, 0.05) is 5.54 Å². The van der Waals surface area contributed by atoms with Crippen LogP contribution in [0.1, 0.15) is 62.8 Å². The molecule has 1 heteroatoms. The Morgan fingerprint density at radius 2 is 1.55 bits per heavy atom. The van der Waals surface area contributed by atoms with Crippen LogP contribution >= 0.6 is 0 Å². The minimum absolute atomic E-state index is 0.240. The summed E-state index contributed by atoms with van der Waals surface area (Å²) in [6, 6.07) is 4.63. The van der Waals surface area contributed by atoms with Gasteiger partial charge in [-0.2, -0.15) is 0 Å². The molecule has 0 heterocycles. The number of nitrogens with one attached hydrogen (secondary N) is 1. The van der Waals surface area contributed by atoms with Crippen LogP contribution in [-0.2, 0) is 6.42 Å². The molecular weight excluding hydrogens is 242 g/mol. The Balaban J connectivity index is 2.43. The highest BCUT2D eigenvalue weighted by molar-refractivity contribution is 5.37. The first-order chi connectivity index (χ1) is 9.19. The normalized spacial score (nSPS) is 13.6. The summed E-state index contributed by atoms with van der Waals surface area (Å²) in [7, 11) is 0. The van der Waals surface area contributed by atoms with Gasteiger partial charge in [0.2, 0.25) is 0 Å². The predicted octanol–water partition coefficient (Wildman–Crippen LogP) is 4.96. The molecule has 0 bridgehead atoms. The maximum absolute atomic E-state index is 3.58. The number of hydrogen-bond donors (Lipinski definition) is 1. The maximum Gasteiger partial charge on any atom is 0.00965 e. The van der Waals surface area contributed by atoms with Gasteiger partial charge in [0.05, 0.1) is 0 Å². The van der Waals surface area contributed by atoms with E-state index in [1.165, 1.54) is 36.0 Å². The summed E-state index contributed by atoms with van der Waals surface area (Å²) in [6.07, 6.45) is 3.77. The van der Waals surface area contributed by atoms with E-state index in [-0.39, 0.29) is 5.54 Å². The van der Waals surface area contributed by atoms with Crippen LogP contribution in [0.15, 0.2) is 12.1 Å². The highest BCUT2D eigenvalue weighted by Gasteiger charge is 2.10. The number of hydrogen-bond acceptors (Lipinski definition) is 1. The van der Waals surface area contributed by atoms with Crippen molar-refractivity contribution in [3.8, 4) is 0 Å². The minimum atomic E-state index is 0.240. The first-order valence-electron chi connectivity index (χ1n) is 8.01. The van der Waals surface area contributed by atoms with Crippen molar-refractivity contribution in [1.29, 1.82) is 0 Å².